The number of nitrogens with one attached hydrogen (secondary N) is 1. The molecule has 0 unspecified atom stereocenters. The lowest BCUT2D eigenvalue weighted by atomic mass is 10.0. The quantitative estimate of drug-likeness (QED) is 0.289. The third-order valence-electron chi connectivity index (χ3n) is 6.44. The SMILES string of the molecule is CCCCc1cn(-c2c(F)cccc2C(C)=O)c(=O)n1Cc1ccc(-c2cccnc2-c2nnn[nH]2)cc1. The number of imidazole rings is 1. The van der Waals surface area contributed by atoms with Crippen molar-refractivity contribution in [2.75, 3.05) is 0 Å². The van der Waals surface area contributed by atoms with Crippen LogP contribution in [0.25, 0.3) is 28.3 Å². The van der Waals surface area contributed by atoms with Gasteiger partial charge in [-0.3, -0.25) is 18.9 Å². The second-order valence-electron chi connectivity index (χ2n) is 9.00. The van der Waals surface area contributed by atoms with Crippen LogP contribution in [0.3, 0.4) is 0 Å². The van der Waals surface area contributed by atoms with Crippen molar-refractivity contribution < 1.29 is 9.18 Å². The number of hydrogen-bond acceptors (Lipinski definition) is 6. The number of nitrogens with zero attached hydrogens (tertiary/aromatic N) is 6. The second kappa shape index (κ2) is 10.7. The summed E-state index contributed by atoms with van der Waals surface area (Å²) >= 11 is 0. The molecule has 0 aliphatic rings. The number of halogens is 1. The summed E-state index contributed by atoms with van der Waals surface area (Å²) in [7, 11) is 0. The largest absolute Gasteiger partial charge is 0.333 e. The van der Waals surface area contributed by atoms with Crippen molar-refractivity contribution in [2.24, 2.45) is 0 Å². The normalized spacial score (nSPS) is 11.1. The minimum atomic E-state index is -0.613. The van der Waals surface area contributed by atoms with Gasteiger partial charge in [-0.25, -0.2) is 14.3 Å². The van der Waals surface area contributed by atoms with Gasteiger partial charge in [-0.2, -0.15) is 0 Å². The lowest BCUT2D eigenvalue weighted by molar-refractivity contribution is 0.101. The van der Waals surface area contributed by atoms with Crippen molar-refractivity contribution in [3.63, 3.8) is 0 Å². The number of aromatic amines is 1. The summed E-state index contributed by atoms with van der Waals surface area (Å²) in [6, 6.07) is 15.9. The van der Waals surface area contributed by atoms with Crippen molar-refractivity contribution in [3.8, 4) is 28.3 Å². The van der Waals surface area contributed by atoms with E-state index >= 15 is 0 Å². The number of benzene rings is 2. The van der Waals surface area contributed by atoms with Gasteiger partial charge in [0.25, 0.3) is 0 Å². The zero-order chi connectivity index (χ0) is 26.6. The number of para-hydroxylation sites is 1. The summed E-state index contributed by atoms with van der Waals surface area (Å²) in [6.45, 7) is 3.75. The number of tetrazole rings is 1. The molecule has 3 heterocycles. The minimum Gasteiger partial charge on any atom is -0.294 e. The number of carbonyl (C=O) groups is 1. The predicted octanol–water partition coefficient (Wildman–Crippen LogP) is 4.61. The number of hydrogen-bond donors (Lipinski definition) is 1. The van der Waals surface area contributed by atoms with E-state index in [1.807, 2.05) is 36.4 Å². The zero-order valence-corrected chi connectivity index (χ0v) is 21.1. The monoisotopic (exact) mass is 511 g/mol. The Morgan fingerprint density at radius 1 is 1.08 bits per heavy atom. The maximum Gasteiger partial charge on any atom is 0.333 e. The molecule has 38 heavy (non-hydrogen) atoms. The number of H-pyrrole nitrogens is 1. The number of rotatable bonds is 9. The standard InChI is InChI=1S/C28H26FN7O2/c1-3-4-7-21-17-36(26-22(18(2)37)8-5-10-24(26)29)28(38)35(21)16-19-11-13-20(14-12-19)23-9-6-15-30-25(23)27-31-33-34-32-27/h5-6,8-15,17H,3-4,7,16H2,1-2H3,(H,31,32,33,34). The molecule has 0 atom stereocenters. The Morgan fingerprint density at radius 3 is 2.61 bits per heavy atom. The summed E-state index contributed by atoms with van der Waals surface area (Å²) in [5, 5.41) is 14.0. The van der Waals surface area contributed by atoms with Crippen LogP contribution in [0.5, 0.6) is 0 Å². The van der Waals surface area contributed by atoms with Gasteiger partial charge in [-0.15, -0.1) is 5.10 Å². The average Bonchev–Trinajstić information content (AvgIpc) is 3.57. The average molecular weight is 512 g/mol. The Hall–Kier alpha value is -4.73. The molecule has 2 aromatic carbocycles. The van der Waals surface area contributed by atoms with Crippen LogP contribution >= 0.6 is 0 Å². The van der Waals surface area contributed by atoms with E-state index in [4.69, 9.17) is 0 Å². The van der Waals surface area contributed by atoms with E-state index in [0.29, 0.717) is 24.5 Å². The number of aromatic nitrogens is 7. The molecule has 192 valence electrons. The van der Waals surface area contributed by atoms with Crippen molar-refractivity contribution in [2.45, 2.75) is 39.7 Å². The minimum absolute atomic E-state index is 0.0112. The number of Topliss-reactive ketones (excluding diaryl/α,β-unsaturated/α-hetero) is 1. The van der Waals surface area contributed by atoms with Crippen LogP contribution < -0.4 is 5.69 Å². The summed E-state index contributed by atoms with van der Waals surface area (Å²) in [4.78, 5) is 30.2. The van der Waals surface area contributed by atoms with E-state index in [0.717, 1.165) is 35.2 Å². The van der Waals surface area contributed by atoms with Crippen LogP contribution in [0.2, 0.25) is 0 Å². The molecule has 0 fully saturated rings. The summed E-state index contributed by atoms with van der Waals surface area (Å²) in [5.74, 6) is -0.450. The van der Waals surface area contributed by atoms with Gasteiger partial charge in [0.2, 0.25) is 0 Å². The molecule has 0 amide bonds. The Morgan fingerprint density at radius 2 is 1.89 bits per heavy atom. The van der Waals surface area contributed by atoms with E-state index in [2.05, 4.69) is 32.5 Å². The highest BCUT2D eigenvalue weighted by atomic mass is 19.1. The molecule has 0 bridgehead atoms. The molecule has 0 aliphatic carbocycles. The first-order valence-electron chi connectivity index (χ1n) is 12.4. The smallest absolute Gasteiger partial charge is 0.294 e. The molecule has 5 aromatic rings. The van der Waals surface area contributed by atoms with Gasteiger partial charge in [0, 0.05) is 29.2 Å². The maximum absolute atomic E-state index is 14.9. The molecular formula is C28H26FN7O2. The molecule has 0 aliphatic heterocycles. The highest BCUT2D eigenvalue weighted by molar-refractivity contribution is 5.97. The topological polar surface area (TPSA) is 111 Å². The van der Waals surface area contributed by atoms with E-state index < -0.39 is 5.82 Å². The van der Waals surface area contributed by atoms with Gasteiger partial charge >= 0.3 is 5.69 Å². The van der Waals surface area contributed by atoms with Crippen LogP contribution in [0.15, 0.2) is 71.8 Å². The highest BCUT2D eigenvalue weighted by Gasteiger charge is 2.20. The fourth-order valence-electron chi connectivity index (χ4n) is 4.52. The summed E-state index contributed by atoms with van der Waals surface area (Å²) in [6.07, 6.45) is 5.81. The first-order valence-corrected chi connectivity index (χ1v) is 12.4. The van der Waals surface area contributed by atoms with Gasteiger partial charge in [0.05, 0.1) is 12.2 Å². The van der Waals surface area contributed by atoms with Gasteiger partial charge in [-0.05, 0) is 59.5 Å². The number of unbranched alkanes of at least 4 members (excludes halogenated alkanes) is 1. The number of pyridine rings is 1. The number of carbonyl (C=O) groups excluding carboxylic acids is 1. The van der Waals surface area contributed by atoms with Crippen molar-refractivity contribution >= 4 is 5.78 Å². The van der Waals surface area contributed by atoms with E-state index in [1.165, 1.54) is 29.7 Å². The molecular weight excluding hydrogens is 485 g/mol. The van der Waals surface area contributed by atoms with Crippen molar-refractivity contribution in [1.29, 1.82) is 0 Å². The molecule has 5 rings (SSSR count). The van der Waals surface area contributed by atoms with Gasteiger partial charge in [0.1, 0.15) is 11.5 Å². The fraction of sp³-hybridized carbons (Fsp3) is 0.214. The predicted molar refractivity (Wildman–Crippen MR) is 141 cm³/mol. The molecule has 0 radical (unpaired) electrons. The Bertz CT molecular complexity index is 1640. The van der Waals surface area contributed by atoms with E-state index in [9.17, 15) is 14.0 Å². The van der Waals surface area contributed by atoms with Crippen LogP contribution in [0.1, 0.15) is 48.3 Å². The Labute approximate surface area is 218 Å². The molecule has 3 aromatic heterocycles. The number of ketones is 1. The molecule has 0 spiro atoms. The molecule has 0 saturated heterocycles. The van der Waals surface area contributed by atoms with E-state index in [1.54, 1.807) is 17.0 Å². The van der Waals surface area contributed by atoms with Crippen molar-refractivity contribution in [3.05, 3.63) is 100 Å². The highest BCUT2D eigenvalue weighted by Crippen LogP contribution is 2.28. The molecule has 10 heteroatoms. The second-order valence-corrected chi connectivity index (χ2v) is 9.00. The van der Waals surface area contributed by atoms with Crippen LogP contribution in [0.4, 0.5) is 4.39 Å². The van der Waals surface area contributed by atoms with Gasteiger partial charge in [0.15, 0.2) is 11.6 Å². The third kappa shape index (κ3) is 4.80. The fourth-order valence-corrected chi connectivity index (χ4v) is 4.52. The van der Waals surface area contributed by atoms with Crippen LogP contribution in [-0.4, -0.2) is 40.5 Å². The summed E-state index contributed by atoms with van der Waals surface area (Å²) < 4.78 is 17.8. The zero-order valence-electron chi connectivity index (χ0n) is 21.1. The van der Waals surface area contributed by atoms with Gasteiger partial charge < -0.3 is 0 Å². The lowest BCUT2D eigenvalue weighted by Crippen LogP contribution is -2.26. The first-order chi connectivity index (χ1) is 18.5. The molecule has 1 N–H and O–H groups in total. The number of aryl methyl sites for hydroxylation is 1. The Kier molecular flexibility index (Phi) is 7.03. The third-order valence-corrected chi connectivity index (χ3v) is 6.44. The maximum atomic E-state index is 14.9. The van der Waals surface area contributed by atoms with Crippen molar-refractivity contribution in [1.82, 2.24) is 34.7 Å². The van der Waals surface area contributed by atoms with E-state index in [-0.39, 0.29) is 22.7 Å². The van der Waals surface area contributed by atoms with Crippen LogP contribution in [0, 0.1) is 5.82 Å². The molecule has 9 nitrogen and oxygen atoms in total. The van der Waals surface area contributed by atoms with Gasteiger partial charge in [-0.1, -0.05) is 49.7 Å². The lowest BCUT2D eigenvalue weighted by Gasteiger charge is -2.10. The first kappa shape index (κ1) is 24.9. The molecule has 0 saturated carbocycles. The van der Waals surface area contributed by atoms with Crippen LogP contribution in [-0.2, 0) is 13.0 Å². The summed E-state index contributed by atoms with van der Waals surface area (Å²) in [5.41, 5.74) is 3.87. The Balaban J connectivity index is 1.51.